The molecule has 0 atom stereocenters. The van der Waals surface area contributed by atoms with Crippen molar-refractivity contribution in [3.05, 3.63) is 35.4 Å². The van der Waals surface area contributed by atoms with Gasteiger partial charge < -0.3 is 15.4 Å². The lowest BCUT2D eigenvalue weighted by Gasteiger charge is -2.22. The first-order chi connectivity index (χ1) is 12.8. The third-order valence-corrected chi connectivity index (χ3v) is 4.84. The normalized spacial score (nSPS) is 16.3. The minimum Gasteiger partial charge on any atom is -0.382 e. The minimum atomic E-state index is 0.779. The number of aliphatic imine (C=N–C) groups is 1. The van der Waals surface area contributed by atoms with E-state index in [0.717, 1.165) is 45.2 Å². The van der Waals surface area contributed by atoms with Gasteiger partial charge in [0.15, 0.2) is 5.96 Å². The van der Waals surface area contributed by atoms with Crippen molar-refractivity contribution < 1.29 is 4.74 Å². The third kappa shape index (κ3) is 7.75. The number of hydrogen-bond acceptors (Lipinski definition) is 3. The summed E-state index contributed by atoms with van der Waals surface area (Å²) >= 11 is 0. The van der Waals surface area contributed by atoms with Gasteiger partial charge in [-0.05, 0) is 50.4 Å². The molecule has 0 spiro atoms. The summed E-state index contributed by atoms with van der Waals surface area (Å²) < 4.78 is 5.37. The van der Waals surface area contributed by atoms with Crippen LogP contribution in [-0.2, 0) is 17.8 Å². The predicted octanol–water partition coefficient (Wildman–Crippen LogP) is 3.15. The average Bonchev–Trinajstić information content (AvgIpc) is 2.94. The molecule has 1 heterocycles. The van der Waals surface area contributed by atoms with Crippen molar-refractivity contribution >= 4 is 5.96 Å². The van der Waals surface area contributed by atoms with E-state index in [2.05, 4.69) is 44.8 Å². The van der Waals surface area contributed by atoms with E-state index in [1.54, 1.807) is 0 Å². The fourth-order valence-electron chi connectivity index (χ4n) is 3.34. The smallest absolute Gasteiger partial charge is 0.191 e. The fraction of sp³-hybridized carbons (Fsp3) is 0.667. The van der Waals surface area contributed by atoms with E-state index in [-0.39, 0.29) is 0 Å². The summed E-state index contributed by atoms with van der Waals surface area (Å²) in [5.74, 6) is 0.853. The second-order valence-corrected chi connectivity index (χ2v) is 6.86. The Bertz CT molecular complexity index is 524. The third-order valence-electron chi connectivity index (χ3n) is 4.84. The standard InChI is InChI=1S/C21H36N4O/c1-3-26-16-10-13-23-21(22-2)24-17-19-11-6-7-12-20(19)18-25-14-8-4-5-9-15-25/h6-7,11-12H,3-5,8-10,13-18H2,1-2H3,(H2,22,23,24). The number of benzene rings is 1. The van der Waals surface area contributed by atoms with E-state index in [0.29, 0.717) is 0 Å². The lowest BCUT2D eigenvalue weighted by Crippen LogP contribution is -2.38. The molecule has 1 aromatic rings. The molecule has 26 heavy (non-hydrogen) atoms. The van der Waals surface area contributed by atoms with Crippen LogP contribution in [0.1, 0.15) is 50.2 Å². The molecule has 2 N–H and O–H groups in total. The molecular formula is C21H36N4O. The molecule has 0 radical (unpaired) electrons. The largest absolute Gasteiger partial charge is 0.382 e. The van der Waals surface area contributed by atoms with Crippen molar-refractivity contribution in [2.24, 2.45) is 4.99 Å². The summed E-state index contributed by atoms with van der Waals surface area (Å²) in [5, 5.41) is 6.80. The minimum absolute atomic E-state index is 0.779. The van der Waals surface area contributed by atoms with Crippen LogP contribution in [0.25, 0.3) is 0 Å². The summed E-state index contributed by atoms with van der Waals surface area (Å²) in [4.78, 5) is 6.93. The van der Waals surface area contributed by atoms with Crippen LogP contribution in [0, 0.1) is 0 Å². The second kappa shape index (κ2) is 12.7. The molecule has 0 aliphatic carbocycles. The first-order valence-corrected chi connectivity index (χ1v) is 10.1. The molecule has 0 bridgehead atoms. The van der Waals surface area contributed by atoms with Gasteiger partial charge in [0.1, 0.15) is 0 Å². The van der Waals surface area contributed by atoms with Crippen LogP contribution >= 0.6 is 0 Å². The molecule has 5 nitrogen and oxygen atoms in total. The summed E-state index contributed by atoms with van der Waals surface area (Å²) in [6.07, 6.45) is 6.41. The molecule has 146 valence electrons. The van der Waals surface area contributed by atoms with E-state index in [9.17, 15) is 0 Å². The summed E-state index contributed by atoms with van der Waals surface area (Å²) in [5.41, 5.74) is 2.78. The topological polar surface area (TPSA) is 48.9 Å². The van der Waals surface area contributed by atoms with Gasteiger partial charge >= 0.3 is 0 Å². The zero-order chi connectivity index (χ0) is 18.5. The summed E-state index contributed by atoms with van der Waals surface area (Å²) in [6.45, 7) is 8.77. The maximum atomic E-state index is 5.37. The van der Waals surface area contributed by atoms with Gasteiger partial charge in [0.2, 0.25) is 0 Å². The fourth-order valence-corrected chi connectivity index (χ4v) is 3.34. The SMILES string of the molecule is CCOCCCNC(=NC)NCc1ccccc1CN1CCCCCC1. The van der Waals surface area contributed by atoms with E-state index in [1.807, 2.05) is 14.0 Å². The van der Waals surface area contributed by atoms with Crippen molar-refractivity contribution in [1.82, 2.24) is 15.5 Å². The zero-order valence-electron chi connectivity index (χ0n) is 16.6. The quantitative estimate of drug-likeness (QED) is 0.403. The highest BCUT2D eigenvalue weighted by Crippen LogP contribution is 2.16. The average molecular weight is 361 g/mol. The van der Waals surface area contributed by atoms with Gasteiger partial charge in [0.25, 0.3) is 0 Å². The Morgan fingerprint density at radius 1 is 1.08 bits per heavy atom. The highest BCUT2D eigenvalue weighted by molar-refractivity contribution is 5.79. The highest BCUT2D eigenvalue weighted by atomic mass is 16.5. The van der Waals surface area contributed by atoms with Gasteiger partial charge in [-0.2, -0.15) is 0 Å². The lowest BCUT2D eigenvalue weighted by atomic mass is 10.1. The van der Waals surface area contributed by atoms with Crippen molar-refractivity contribution in [3.63, 3.8) is 0 Å². The predicted molar refractivity (Wildman–Crippen MR) is 109 cm³/mol. The highest BCUT2D eigenvalue weighted by Gasteiger charge is 2.11. The van der Waals surface area contributed by atoms with Crippen molar-refractivity contribution in [2.75, 3.05) is 39.9 Å². The van der Waals surface area contributed by atoms with Crippen LogP contribution in [0.2, 0.25) is 0 Å². The molecule has 1 saturated heterocycles. The van der Waals surface area contributed by atoms with E-state index >= 15 is 0 Å². The van der Waals surface area contributed by atoms with Gasteiger partial charge in [0.05, 0.1) is 0 Å². The lowest BCUT2D eigenvalue weighted by molar-refractivity contribution is 0.145. The van der Waals surface area contributed by atoms with Crippen LogP contribution in [0.15, 0.2) is 29.3 Å². The van der Waals surface area contributed by atoms with E-state index in [1.165, 1.54) is 49.9 Å². The molecular weight excluding hydrogens is 324 g/mol. The monoisotopic (exact) mass is 360 g/mol. The maximum Gasteiger partial charge on any atom is 0.191 e. The molecule has 0 saturated carbocycles. The number of likely N-dealkylation sites (tertiary alicyclic amines) is 1. The summed E-state index contributed by atoms with van der Waals surface area (Å²) in [6, 6.07) is 8.77. The van der Waals surface area contributed by atoms with Gasteiger partial charge in [-0.25, -0.2) is 0 Å². The van der Waals surface area contributed by atoms with Crippen LogP contribution in [0.5, 0.6) is 0 Å². The number of nitrogens with one attached hydrogen (secondary N) is 2. The van der Waals surface area contributed by atoms with Crippen LogP contribution in [-0.4, -0.2) is 50.8 Å². The zero-order valence-corrected chi connectivity index (χ0v) is 16.6. The molecule has 2 rings (SSSR count). The molecule has 1 aromatic carbocycles. The van der Waals surface area contributed by atoms with Gasteiger partial charge in [-0.3, -0.25) is 9.89 Å². The van der Waals surface area contributed by atoms with Crippen molar-refractivity contribution in [2.45, 2.75) is 52.1 Å². The molecule has 1 aliphatic heterocycles. The summed E-state index contributed by atoms with van der Waals surface area (Å²) in [7, 11) is 1.82. The molecule has 0 amide bonds. The Balaban J connectivity index is 1.82. The number of rotatable bonds is 9. The maximum absolute atomic E-state index is 5.37. The van der Waals surface area contributed by atoms with Crippen molar-refractivity contribution in [1.29, 1.82) is 0 Å². The molecule has 0 unspecified atom stereocenters. The number of ether oxygens (including phenoxy) is 1. The molecule has 0 aromatic heterocycles. The second-order valence-electron chi connectivity index (χ2n) is 6.86. The Hall–Kier alpha value is -1.59. The van der Waals surface area contributed by atoms with Gasteiger partial charge in [0, 0.05) is 39.9 Å². The Labute approximate surface area is 159 Å². The van der Waals surface area contributed by atoms with Crippen LogP contribution < -0.4 is 10.6 Å². The molecule has 1 fully saturated rings. The van der Waals surface area contributed by atoms with Crippen molar-refractivity contribution in [3.8, 4) is 0 Å². The van der Waals surface area contributed by atoms with Gasteiger partial charge in [-0.15, -0.1) is 0 Å². The number of guanidine groups is 1. The number of hydrogen-bond donors (Lipinski definition) is 2. The first kappa shape index (κ1) is 20.7. The Morgan fingerprint density at radius 3 is 2.50 bits per heavy atom. The molecule has 5 heteroatoms. The van der Waals surface area contributed by atoms with Crippen LogP contribution in [0.3, 0.4) is 0 Å². The van der Waals surface area contributed by atoms with Crippen LogP contribution in [0.4, 0.5) is 0 Å². The first-order valence-electron chi connectivity index (χ1n) is 10.1. The van der Waals surface area contributed by atoms with E-state index < -0.39 is 0 Å². The number of nitrogens with zero attached hydrogens (tertiary/aromatic N) is 2. The molecule has 1 aliphatic rings. The van der Waals surface area contributed by atoms with E-state index in [4.69, 9.17) is 4.74 Å². The van der Waals surface area contributed by atoms with Gasteiger partial charge in [-0.1, -0.05) is 37.1 Å². The Morgan fingerprint density at radius 2 is 1.81 bits per heavy atom. The Kier molecular flexibility index (Phi) is 10.1.